The number of nitrogens with one attached hydrogen (secondary N) is 2. The first-order valence-corrected chi connectivity index (χ1v) is 9.35. The van der Waals surface area contributed by atoms with Crippen LogP contribution in [-0.2, 0) is 9.59 Å². The maximum atomic E-state index is 12.1. The van der Waals surface area contributed by atoms with Crippen molar-refractivity contribution in [3.05, 3.63) is 53.7 Å². The zero-order chi connectivity index (χ0) is 19.2. The summed E-state index contributed by atoms with van der Waals surface area (Å²) >= 11 is 0. The molecule has 0 saturated carbocycles. The average molecular weight is 366 g/mol. The Kier molecular flexibility index (Phi) is 6.06. The third kappa shape index (κ3) is 5.06. The zero-order valence-corrected chi connectivity index (χ0v) is 15.9. The summed E-state index contributed by atoms with van der Waals surface area (Å²) in [6, 6.07) is 11.7. The lowest BCUT2D eigenvalue weighted by Crippen LogP contribution is -2.42. The molecule has 2 amide bonds. The molecule has 2 heterocycles. The van der Waals surface area contributed by atoms with Crippen LogP contribution in [0.2, 0.25) is 0 Å². The largest absolute Gasteiger partial charge is 0.357 e. The Morgan fingerprint density at radius 3 is 2.59 bits per heavy atom. The Morgan fingerprint density at radius 2 is 1.89 bits per heavy atom. The van der Waals surface area contributed by atoms with Crippen LogP contribution in [0.15, 0.2) is 42.6 Å². The molecule has 0 atom stereocenters. The quantitative estimate of drug-likeness (QED) is 0.816. The van der Waals surface area contributed by atoms with Gasteiger partial charge in [-0.2, -0.15) is 0 Å². The molecule has 1 aliphatic rings. The van der Waals surface area contributed by atoms with E-state index in [4.69, 9.17) is 0 Å². The summed E-state index contributed by atoms with van der Waals surface area (Å²) < 4.78 is 0. The van der Waals surface area contributed by atoms with Crippen molar-refractivity contribution in [2.75, 3.05) is 29.9 Å². The SMILES string of the molecule is Cc1ccc(C)c(NC(=O)C(=O)NCC2CCN(c3ccccn3)CC2)c1. The molecule has 0 spiro atoms. The van der Waals surface area contributed by atoms with Crippen LogP contribution in [0.5, 0.6) is 0 Å². The number of aromatic nitrogens is 1. The topological polar surface area (TPSA) is 74.3 Å². The van der Waals surface area contributed by atoms with Gasteiger partial charge < -0.3 is 15.5 Å². The van der Waals surface area contributed by atoms with Gasteiger partial charge >= 0.3 is 11.8 Å². The van der Waals surface area contributed by atoms with Gasteiger partial charge in [0.25, 0.3) is 0 Å². The van der Waals surface area contributed by atoms with Crippen LogP contribution >= 0.6 is 0 Å². The van der Waals surface area contributed by atoms with Crippen molar-refractivity contribution in [2.24, 2.45) is 5.92 Å². The monoisotopic (exact) mass is 366 g/mol. The van der Waals surface area contributed by atoms with Crippen LogP contribution in [0.4, 0.5) is 11.5 Å². The molecule has 0 aliphatic carbocycles. The molecule has 3 rings (SSSR count). The van der Waals surface area contributed by atoms with E-state index in [2.05, 4.69) is 20.5 Å². The average Bonchev–Trinajstić information content (AvgIpc) is 2.70. The van der Waals surface area contributed by atoms with Crippen LogP contribution in [0.25, 0.3) is 0 Å². The van der Waals surface area contributed by atoms with Crippen molar-refractivity contribution in [3.8, 4) is 0 Å². The second-order valence-electron chi connectivity index (χ2n) is 7.10. The molecule has 2 aromatic rings. The molecule has 0 unspecified atom stereocenters. The molecule has 2 N–H and O–H groups in total. The van der Waals surface area contributed by atoms with Gasteiger partial charge in [0, 0.05) is 31.5 Å². The second kappa shape index (κ2) is 8.66. The maximum Gasteiger partial charge on any atom is 0.313 e. The molecule has 142 valence electrons. The summed E-state index contributed by atoms with van der Waals surface area (Å²) in [5.41, 5.74) is 2.65. The van der Waals surface area contributed by atoms with Crippen molar-refractivity contribution in [2.45, 2.75) is 26.7 Å². The standard InChI is InChI=1S/C21H26N4O2/c1-15-6-7-16(2)18(13-15)24-21(27)20(26)23-14-17-8-11-25(12-9-17)19-5-3-4-10-22-19/h3-7,10,13,17H,8-9,11-12,14H2,1-2H3,(H,23,26)(H,24,27). The van der Waals surface area contributed by atoms with E-state index in [-0.39, 0.29) is 0 Å². The van der Waals surface area contributed by atoms with Gasteiger partial charge in [-0.05, 0) is 61.9 Å². The predicted octanol–water partition coefficient (Wildman–Crippen LogP) is 2.67. The van der Waals surface area contributed by atoms with Gasteiger partial charge in [-0.1, -0.05) is 18.2 Å². The molecular formula is C21H26N4O2. The van der Waals surface area contributed by atoms with Gasteiger partial charge in [0.2, 0.25) is 0 Å². The Balaban J connectivity index is 1.44. The fraction of sp³-hybridized carbons (Fsp3) is 0.381. The minimum atomic E-state index is -0.616. The normalized spacial score (nSPS) is 14.7. The number of amides is 2. The first kappa shape index (κ1) is 18.9. The molecule has 6 heteroatoms. The number of carbonyl (C=O) groups excluding carboxylic acids is 2. The maximum absolute atomic E-state index is 12.1. The second-order valence-corrected chi connectivity index (χ2v) is 7.10. The highest BCUT2D eigenvalue weighted by Gasteiger charge is 2.22. The summed E-state index contributed by atoms with van der Waals surface area (Å²) in [5.74, 6) is 0.174. The Labute approximate surface area is 160 Å². The molecule has 1 fully saturated rings. The molecule has 1 aliphatic heterocycles. The highest BCUT2D eigenvalue weighted by Crippen LogP contribution is 2.21. The summed E-state index contributed by atoms with van der Waals surface area (Å²) in [7, 11) is 0. The van der Waals surface area contributed by atoms with Crippen LogP contribution in [0.3, 0.4) is 0 Å². The number of pyridine rings is 1. The van der Waals surface area contributed by atoms with Gasteiger partial charge in [-0.3, -0.25) is 9.59 Å². The highest BCUT2D eigenvalue weighted by molar-refractivity contribution is 6.39. The number of piperidine rings is 1. The number of rotatable bonds is 4. The molecule has 0 radical (unpaired) electrons. The predicted molar refractivity (Wildman–Crippen MR) is 107 cm³/mol. The Morgan fingerprint density at radius 1 is 1.11 bits per heavy atom. The first-order chi connectivity index (χ1) is 13.0. The minimum absolute atomic E-state index is 0.377. The van der Waals surface area contributed by atoms with Crippen LogP contribution < -0.4 is 15.5 Å². The van der Waals surface area contributed by atoms with Crippen molar-refractivity contribution < 1.29 is 9.59 Å². The fourth-order valence-corrected chi connectivity index (χ4v) is 3.27. The molecular weight excluding hydrogens is 340 g/mol. The summed E-state index contributed by atoms with van der Waals surface area (Å²) in [5, 5.41) is 5.48. The summed E-state index contributed by atoms with van der Waals surface area (Å²) in [6.45, 7) is 6.20. The van der Waals surface area contributed by atoms with Crippen molar-refractivity contribution in [1.82, 2.24) is 10.3 Å². The lowest BCUT2D eigenvalue weighted by atomic mass is 9.97. The number of aryl methyl sites for hydroxylation is 2. The number of nitrogens with zero attached hydrogens (tertiary/aromatic N) is 2. The van der Waals surface area contributed by atoms with E-state index in [1.54, 1.807) is 6.20 Å². The van der Waals surface area contributed by atoms with Gasteiger partial charge in [0.05, 0.1) is 0 Å². The number of carbonyl (C=O) groups is 2. The van der Waals surface area contributed by atoms with E-state index in [0.717, 1.165) is 42.9 Å². The van der Waals surface area contributed by atoms with E-state index in [1.165, 1.54) is 0 Å². The van der Waals surface area contributed by atoms with Crippen molar-refractivity contribution in [3.63, 3.8) is 0 Å². The van der Waals surface area contributed by atoms with Gasteiger partial charge in [0.15, 0.2) is 0 Å². The lowest BCUT2D eigenvalue weighted by molar-refractivity contribution is -0.136. The molecule has 6 nitrogen and oxygen atoms in total. The lowest BCUT2D eigenvalue weighted by Gasteiger charge is -2.32. The van der Waals surface area contributed by atoms with E-state index in [1.807, 2.05) is 50.2 Å². The van der Waals surface area contributed by atoms with Crippen LogP contribution in [0.1, 0.15) is 24.0 Å². The molecule has 1 saturated heterocycles. The van der Waals surface area contributed by atoms with Gasteiger partial charge in [0.1, 0.15) is 5.82 Å². The number of hydrogen-bond donors (Lipinski definition) is 2. The van der Waals surface area contributed by atoms with Crippen LogP contribution in [0, 0.1) is 19.8 Å². The number of hydrogen-bond acceptors (Lipinski definition) is 4. The smallest absolute Gasteiger partial charge is 0.313 e. The van der Waals surface area contributed by atoms with E-state index >= 15 is 0 Å². The molecule has 1 aromatic heterocycles. The van der Waals surface area contributed by atoms with Crippen LogP contribution in [-0.4, -0.2) is 36.4 Å². The van der Waals surface area contributed by atoms with Gasteiger partial charge in [-0.15, -0.1) is 0 Å². The summed E-state index contributed by atoms with van der Waals surface area (Å²) in [6.07, 6.45) is 3.74. The third-order valence-electron chi connectivity index (χ3n) is 4.99. The Bertz CT molecular complexity index is 799. The van der Waals surface area contributed by atoms with Crippen molar-refractivity contribution in [1.29, 1.82) is 0 Å². The first-order valence-electron chi connectivity index (χ1n) is 9.35. The number of benzene rings is 1. The molecule has 27 heavy (non-hydrogen) atoms. The minimum Gasteiger partial charge on any atom is -0.357 e. The molecule has 1 aromatic carbocycles. The van der Waals surface area contributed by atoms with E-state index < -0.39 is 11.8 Å². The van der Waals surface area contributed by atoms with E-state index in [9.17, 15) is 9.59 Å². The fourth-order valence-electron chi connectivity index (χ4n) is 3.27. The highest BCUT2D eigenvalue weighted by atomic mass is 16.2. The zero-order valence-electron chi connectivity index (χ0n) is 15.9. The Hall–Kier alpha value is -2.89. The van der Waals surface area contributed by atoms with Crippen molar-refractivity contribution >= 4 is 23.3 Å². The number of anilines is 2. The summed E-state index contributed by atoms with van der Waals surface area (Å²) in [4.78, 5) is 30.9. The van der Waals surface area contributed by atoms with E-state index in [0.29, 0.717) is 18.2 Å². The third-order valence-corrected chi connectivity index (χ3v) is 4.99. The van der Waals surface area contributed by atoms with Gasteiger partial charge in [-0.25, -0.2) is 4.98 Å². The molecule has 0 bridgehead atoms.